The van der Waals surface area contributed by atoms with Crippen molar-refractivity contribution in [3.63, 3.8) is 0 Å². The van der Waals surface area contributed by atoms with Gasteiger partial charge < -0.3 is 5.11 Å². The van der Waals surface area contributed by atoms with Crippen LogP contribution in [0.25, 0.3) is 0 Å². The highest BCUT2D eigenvalue weighted by Gasteiger charge is 2.14. The van der Waals surface area contributed by atoms with Crippen LogP contribution in [0.5, 0.6) is 0 Å². The van der Waals surface area contributed by atoms with Gasteiger partial charge in [-0.05, 0) is 36.6 Å². The minimum atomic E-state index is -3.54. The van der Waals surface area contributed by atoms with Crippen molar-refractivity contribution in [3.8, 4) is 0 Å². The number of sulfonamides is 1. The van der Waals surface area contributed by atoms with E-state index in [4.69, 9.17) is 5.11 Å². The van der Waals surface area contributed by atoms with Gasteiger partial charge in [0.25, 0.3) is 0 Å². The summed E-state index contributed by atoms with van der Waals surface area (Å²) in [5.41, 5.74) is 1.67. The Morgan fingerprint density at radius 2 is 1.95 bits per heavy atom. The van der Waals surface area contributed by atoms with Gasteiger partial charge in [-0.3, -0.25) is 4.68 Å². The van der Waals surface area contributed by atoms with Crippen molar-refractivity contribution in [2.45, 2.75) is 24.3 Å². The molecule has 2 N–H and O–H groups in total. The number of rotatable bonds is 7. The number of aliphatic hydroxyl groups is 1. The van der Waals surface area contributed by atoms with E-state index in [9.17, 15) is 8.42 Å². The Kier molecular flexibility index (Phi) is 5.11. The summed E-state index contributed by atoms with van der Waals surface area (Å²) >= 11 is 0. The molecular weight excluding hydrogens is 290 g/mol. The first kappa shape index (κ1) is 15.7. The molecular formula is C14H19N3O3S. The van der Waals surface area contributed by atoms with Crippen molar-refractivity contribution in [1.82, 2.24) is 14.5 Å². The Balaban J connectivity index is 2.01. The van der Waals surface area contributed by atoms with E-state index in [-0.39, 0.29) is 18.0 Å². The molecule has 0 atom stereocenters. The van der Waals surface area contributed by atoms with Crippen LogP contribution >= 0.6 is 0 Å². The van der Waals surface area contributed by atoms with Gasteiger partial charge in [0.2, 0.25) is 10.0 Å². The standard InChI is InChI=1S/C14H19N3O3S/c1-17-9-8-13(16-17)11-15-21(19,20)14-6-4-12(5-7-14)3-2-10-18/h4-9,15,18H,2-3,10-11H2,1H3. The molecule has 0 saturated heterocycles. The second-order valence-electron chi connectivity index (χ2n) is 4.78. The zero-order valence-electron chi connectivity index (χ0n) is 11.9. The average molecular weight is 309 g/mol. The predicted molar refractivity (Wildman–Crippen MR) is 79.1 cm³/mol. The maximum atomic E-state index is 12.2. The van der Waals surface area contributed by atoms with Crippen LogP contribution in [0.3, 0.4) is 0 Å². The van der Waals surface area contributed by atoms with Gasteiger partial charge in [-0.1, -0.05) is 12.1 Å². The number of aliphatic hydroxyl groups excluding tert-OH is 1. The Bertz CT molecular complexity index is 678. The van der Waals surface area contributed by atoms with Crippen LogP contribution in [-0.4, -0.2) is 29.9 Å². The normalized spacial score (nSPS) is 11.7. The molecule has 0 saturated carbocycles. The summed E-state index contributed by atoms with van der Waals surface area (Å²) in [5, 5.41) is 12.9. The van der Waals surface area contributed by atoms with E-state index in [0.717, 1.165) is 12.0 Å². The minimum absolute atomic E-state index is 0.131. The maximum absolute atomic E-state index is 12.2. The van der Waals surface area contributed by atoms with Crippen LogP contribution in [0.2, 0.25) is 0 Å². The van der Waals surface area contributed by atoms with Gasteiger partial charge in [-0.15, -0.1) is 0 Å². The van der Waals surface area contributed by atoms with E-state index in [1.165, 1.54) is 0 Å². The fraction of sp³-hybridized carbons (Fsp3) is 0.357. The third kappa shape index (κ3) is 4.38. The number of nitrogens with zero attached hydrogens (tertiary/aromatic N) is 2. The molecule has 2 rings (SSSR count). The highest BCUT2D eigenvalue weighted by atomic mass is 32.2. The first-order chi connectivity index (χ1) is 10.0. The minimum Gasteiger partial charge on any atom is -0.396 e. The lowest BCUT2D eigenvalue weighted by Crippen LogP contribution is -2.23. The molecule has 1 heterocycles. The summed E-state index contributed by atoms with van der Waals surface area (Å²) in [5.74, 6) is 0. The molecule has 1 aromatic heterocycles. The van der Waals surface area contributed by atoms with Crippen LogP contribution in [0, 0.1) is 0 Å². The molecule has 0 aliphatic carbocycles. The molecule has 2 aromatic rings. The van der Waals surface area contributed by atoms with Crippen molar-refractivity contribution >= 4 is 10.0 Å². The lowest BCUT2D eigenvalue weighted by molar-refractivity contribution is 0.288. The van der Waals surface area contributed by atoms with Gasteiger partial charge in [0.15, 0.2) is 0 Å². The molecule has 0 aliphatic rings. The largest absolute Gasteiger partial charge is 0.396 e. The monoisotopic (exact) mass is 309 g/mol. The highest BCUT2D eigenvalue weighted by Crippen LogP contribution is 2.12. The number of benzene rings is 1. The smallest absolute Gasteiger partial charge is 0.240 e. The summed E-state index contributed by atoms with van der Waals surface area (Å²) in [6, 6.07) is 8.46. The zero-order valence-corrected chi connectivity index (χ0v) is 12.7. The van der Waals surface area contributed by atoms with E-state index in [1.807, 2.05) is 0 Å². The molecule has 21 heavy (non-hydrogen) atoms. The average Bonchev–Trinajstić information content (AvgIpc) is 2.89. The fourth-order valence-corrected chi connectivity index (χ4v) is 2.93. The number of hydrogen-bond acceptors (Lipinski definition) is 4. The Labute approximate surface area is 124 Å². The van der Waals surface area contributed by atoms with Gasteiger partial charge in [0, 0.05) is 19.9 Å². The van der Waals surface area contributed by atoms with Crippen LogP contribution in [0.4, 0.5) is 0 Å². The molecule has 0 radical (unpaired) electrons. The van der Waals surface area contributed by atoms with Gasteiger partial charge in [-0.25, -0.2) is 13.1 Å². The molecule has 0 amide bonds. The first-order valence-electron chi connectivity index (χ1n) is 6.69. The second-order valence-corrected chi connectivity index (χ2v) is 6.54. The van der Waals surface area contributed by atoms with E-state index in [0.29, 0.717) is 12.1 Å². The lowest BCUT2D eigenvalue weighted by Gasteiger charge is -2.06. The van der Waals surface area contributed by atoms with Gasteiger partial charge in [0.1, 0.15) is 0 Å². The van der Waals surface area contributed by atoms with Gasteiger partial charge >= 0.3 is 0 Å². The number of aryl methyl sites for hydroxylation is 2. The van der Waals surface area contributed by atoms with Crippen molar-refractivity contribution in [2.75, 3.05) is 6.61 Å². The van der Waals surface area contributed by atoms with Crippen LogP contribution in [-0.2, 0) is 30.0 Å². The summed E-state index contributed by atoms with van der Waals surface area (Å²) in [7, 11) is -1.75. The summed E-state index contributed by atoms with van der Waals surface area (Å²) < 4.78 is 28.5. The Morgan fingerprint density at radius 1 is 1.24 bits per heavy atom. The van der Waals surface area contributed by atoms with E-state index < -0.39 is 10.0 Å². The van der Waals surface area contributed by atoms with Crippen molar-refractivity contribution in [3.05, 3.63) is 47.8 Å². The number of hydrogen-bond donors (Lipinski definition) is 2. The second kappa shape index (κ2) is 6.84. The van der Waals surface area contributed by atoms with Crippen LogP contribution in [0.1, 0.15) is 17.7 Å². The van der Waals surface area contributed by atoms with Crippen LogP contribution in [0.15, 0.2) is 41.4 Å². The first-order valence-corrected chi connectivity index (χ1v) is 8.17. The van der Waals surface area contributed by atoms with Gasteiger partial charge in [0.05, 0.1) is 17.1 Å². The zero-order chi connectivity index (χ0) is 15.3. The third-order valence-corrected chi connectivity index (χ3v) is 4.49. The van der Waals surface area contributed by atoms with Gasteiger partial charge in [-0.2, -0.15) is 5.10 Å². The number of aromatic nitrogens is 2. The van der Waals surface area contributed by atoms with E-state index >= 15 is 0 Å². The highest BCUT2D eigenvalue weighted by molar-refractivity contribution is 7.89. The molecule has 114 valence electrons. The lowest BCUT2D eigenvalue weighted by atomic mass is 10.1. The maximum Gasteiger partial charge on any atom is 0.240 e. The molecule has 0 fully saturated rings. The van der Waals surface area contributed by atoms with E-state index in [1.54, 1.807) is 48.3 Å². The SMILES string of the molecule is Cn1ccc(CNS(=O)(=O)c2ccc(CCCO)cc2)n1. The quantitative estimate of drug-likeness (QED) is 0.793. The predicted octanol–water partition coefficient (Wildman–Crippen LogP) is 0.824. The number of nitrogens with one attached hydrogen (secondary N) is 1. The van der Waals surface area contributed by atoms with Crippen molar-refractivity contribution in [1.29, 1.82) is 0 Å². The molecule has 1 aromatic carbocycles. The fourth-order valence-electron chi connectivity index (χ4n) is 1.93. The molecule has 0 spiro atoms. The molecule has 0 unspecified atom stereocenters. The molecule has 7 heteroatoms. The third-order valence-electron chi connectivity index (χ3n) is 3.07. The summed E-state index contributed by atoms with van der Waals surface area (Å²) in [6.45, 7) is 0.293. The van der Waals surface area contributed by atoms with Crippen molar-refractivity contribution in [2.24, 2.45) is 7.05 Å². The molecule has 0 bridgehead atoms. The molecule has 6 nitrogen and oxygen atoms in total. The Morgan fingerprint density at radius 3 is 2.52 bits per heavy atom. The van der Waals surface area contributed by atoms with Crippen molar-refractivity contribution < 1.29 is 13.5 Å². The molecule has 0 aliphatic heterocycles. The topological polar surface area (TPSA) is 84.2 Å². The van der Waals surface area contributed by atoms with E-state index in [2.05, 4.69) is 9.82 Å². The summed E-state index contributed by atoms with van der Waals surface area (Å²) in [6.07, 6.45) is 3.17. The van der Waals surface area contributed by atoms with Crippen LogP contribution < -0.4 is 4.72 Å². The Hall–Kier alpha value is -1.70. The summed E-state index contributed by atoms with van der Waals surface area (Å²) in [4.78, 5) is 0.228.